The van der Waals surface area contributed by atoms with Crippen molar-refractivity contribution in [3.63, 3.8) is 0 Å². The van der Waals surface area contributed by atoms with E-state index in [4.69, 9.17) is 0 Å². The third kappa shape index (κ3) is 3.75. The highest BCUT2D eigenvalue weighted by atomic mass is 16.2. The van der Waals surface area contributed by atoms with Gasteiger partial charge in [0, 0.05) is 23.5 Å². The lowest BCUT2D eigenvalue weighted by molar-refractivity contribution is -0.120. The summed E-state index contributed by atoms with van der Waals surface area (Å²) in [5.74, 6) is 0.220. The summed E-state index contributed by atoms with van der Waals surface area (Å²) < 4.78 is 0. The maximum Gasteiger partial charge on any atom is 0.255 e. The molecule has 6 nitrogen and oxygen atoms in total. The van der Waals surface area contributed by atoms with E-state index >= 15 is 0 Å². The van der Waals surface area contributed by atoms with Gasteiger partial charge in [-0.1, -0.05) is 6.07 Å². The average Bonchev–Trinajstić information content (AvgIpc) is 2.43. The number of H-pyrrole nitrogens is 1. The SMILES string of the molecule is Cc1nc(-c2ccccn2)[nH]c(=O)c1CC(=O)NC(C)C. The van der Waals surface area contributed by atoms with Crippen molar-refractivity contribution in [2.24, 2.45) is 0 Å². The van der Waals surface area contributed by atoms with Crippen LogP contribution in [0.4, 0.5) is 0 Å². The van der Waals surface area contributed by atoms with E-state index in [9.17, 15) is 9.59 Å². The standard InChI is InChI=1S/C15H18N4O2/c1-9(2)17-13(20)8-11-10(3)18-14(19-15(11)21)12-6-4-5-7-16-12/h4-7,9H,8H2,1-3H3,(H,17,20)(H,18,19,21). The zero-order valence-corrected chi connectivity index (χ0v) is 12.3. The quantitative estimate of drug-likeness (QED) is 0.884. The number of nitrogens with zero attached hydrogens (tertiary/aromatic N) is 2. The minimum absolute atomic E-state index is 0.0227. The van der Waals surface area contributed by atoms with Crippen LogP contribution in [0.1, 0.15) is 25.1 Å². The van der Waals surface area contributed by atoms with Gasteiger partial charge in [-0.2, -0.15) is 0 Å². The first-order chi connectivity index (χ1) is 9.97. The number of aryl methyl sites for hydroxylation is 1. The molecular formula is C15H18N4O2. The first kappa shape index (κ1) is 14.9. The van der Waals surface area contributed by atoms with Crippen LogP contribution < -0.4 is 10.9 Å². The van der Waals surface area contributed by atoms with Crippen LogP contribution >= 0.6 is 0 Å². The number of pyridine rings is 1. The van der Waals surface area contributed by atoms with Gasteiger partial charge in [0.2, 0.25) is 5.91 Å². The van der Waals surface area contributed by atoms with Crippen molar-refractivity contribution in [1.82, 2.24) is 20.3 Å². The topological polar surface area (TPSA) is 87.7 Å². The summed E-state index contributed by atoms with van der Waals surface area (Å²) in [6.45, 7) is 5.47. The molecule has 0 atom stereocenters. The van der Waals surface area contributed by atoms with Crippen LogP contribution in [0.2, 0.25) is 0 Å². The fourth-order valence-corrected chi connectivity index (χ4v) is 1.98. The smallest absolute Gasteiger partial charge is 0.255 e. The van der Waals surface area contributed by atoms with Crippen molar-refractivity contribution in [1.29, 1.82) is 0 Å². The predicted octanol–water partition coefficient (Wildman–Crippen LogP) is 1.21. The molecule has 1 amide bonds. The third-order valence-electron chi connectivity index (χ3n) is 2.92. The van der Waals surface area contributed by atoms with E-state index in [1.165, 1.54) is 0 Å². The summed E-state index contributed by atoms with van der Waals surface area (Å²) in [5, 5.41) is 2.76. The molecule has 2 rings (SSSR count). The predicted molar refractivity (Wildman–Crippen MR) is 79.8 cm³/mol. The molecule has 2 N–H and O–H groups in total. The van der Waals surface area contributed by atoms with Gasteiger partial charge in [0.25, 0.3) is 5.56 Å². The number of carbonyl (C=O) groups is 1. The lowest BCUT2D eigenvalue weighted by Gasteiger charge is -2.10. The Morgan fingerprint density at radius 3 is 2.71 bits per heavy atom. The van der Waals surface area contributed by atoms with Gasteiger partial charge in [-0.15, -0.1) is 0 Å². The number of aromatic amines is 1. The summed E-state index contributed by atoms with van der Waals surface area (Å²) in [6.07, 6.45) is 1.66. The van der Waals surface area contributed by atoms with Gasteiger partial charge in [0.05, 0.1) is 6.42 Å². The van der Waals surface area contributed by atoms with Gasteiger partial charge >= 0.3 is 0 Å². The minimum atomic E-state index is -0.304. The average molecular weight is 286 g/mol. The number of carbonyl (C=O) groups excluding carboxylic acids is 1. The summed E-state index contributed by atoms with van der Waals surface area (Å²) in [6, 6.07) is 5.42. The molecule has 0 aliphatic rings. The van der Waals surface area contributed by atoms with Gasteiger partial charge in [-0.3, -0.25) is 14.6 Å². The molecule has 0 aliphatic heterocycles. The maximum absolute atomic E-state index is 12.2. The summed E-state index contributed by atoms with van der Waals surface area (Å²) in [7, 11) is 0. The molecule has 2 aromatic heterocycles. The molecule has 0 unspecified atom stereocenters. The number of rotatable bonds is 4. The Balaban J connectivity index is 2.30. The monoisotopic (exact) mass is 286 g/mol. The van der Waals surface area contributed by atoms with Crippen molar-refractivity contribution in [2.45, 2.75) is 33.2 Å². The first-order valence-corrected chi connectivity index (χ1v) is 6.78. The molecule has 0 radical (unpaired) electrons. The van der Waals surface area contributed by atoms with E-state index in [0.29, 0.717) is 22.8 Å². The molecule has 0 bridgehead atoms. The third-order valence-corrected chi connectivity index (χ3v) is 2.92. The van der Waals surface area contributed by atoms with Gasteiger partial charge in [0.15, 0.2) is 5.82 Å². The lowest BCUT2D eigenvalue weighted by atomic mass is 10.1. The lowest BCUT2D eigenvalue weighted by Crippen LogP contribution is -2.33. The van der Waals surface area contributed by atoms with Crippen molar-refractivity contribution < 1.29 is 4.79 Å². The largest absolute Gasteiger partial charge is 0.354 e. The van der Waals surface area contributed by atoms with Crippen LogP contribution in [-0.2, 0) is 11.2 Å². The molecule has 2 aromatic rings. The van der Waals surface area contributed by atoms with Crippen molar-refractivity contribution in [3.05, 3.63) is 46.0 Å². The highest BCUT2D eigenvalue weighted by molar-refractivity contribution is 5.79. The zero-order valence-electron chi connectivity index (χ0n) is 12.3. The van der Waals surface area contributed by atoms with Crippen LogP contribution in [0, 0.1) is 6.92 Å². The van der Waals surface area contributed by atoms with Gasteiger partial charge in [0.1, 0.15) is 5.69 Å². The second kappa shape index (κ2) is 6.30. The van der Waals surface area contributed by atoms with Crippen molar-refractivity contribution in [3.8, 4) is 11.5 Å². The molecule has 21 heavy (non-hydrogen) atoms. The van der Waals surface area contributed by atoms with E-state index in [-0.39, 0.29) is 23.9 Å². The van der Waals surface area contributed by atoms with Gasteiger partial charge < -0.3 is 10.3 Å². The molecule has 0 fully saturated rings. The number of nitrogens with one attached hydrogen (secondary N) is 2. The van der Waals surface area contributed by atoms with Crippen LogP contribution in [0.5, 0.6) is 0 Å². The first-order valence-electron chi connectivity index (χ1n) is 6.78. The zero-order chi connectivity index (χ0) is 15.4. The summed E-state index contributed by atoms with van der Waals surface area (Å²) >= 11 is 0. The molecule has 6 heteroatoms. The van der Waals surface area contributed by atoms with E-state index in [1.807, 2.05) is 19.9 Å². The maximum atomic E-state index is 12.2. The fourth-order valence-electron chi connectivity index (χ4n) is 1.98. The minimum Gasteiger partial charge on any atom is -0.354 e. The Hall–Kier alpha value is -2.50. The molecular weight excluding hydrogens is 268 g/mol. The van der Waals surface area contributed by atoms with E-state index in [0.717, 1.165) is 0 Å². The molecule has 0 saturated heterocycles. The number of aromatic nitrogens is 3. The Morgan fingerprint density at radius 1 is 1.38 bits per heavy atom. The Labute approximate surface area is 122 Å². The number of hydrogen-bond acceptors (Lipinski definition) is 4. The molecule has 0 saturated carbocycles. The second-order valence-corrected chi connectivity index (χ2v) is 5.09. The Morgan fingerprint density at radius 2 is 2.14 bits per heavy atom. The molecule has 0 spiro atoms. The second-order valence-electron chi connectivity index (χ2n) is 5.09. The van der Waals surface area contributed by atoms with Crippen molar-refractivity contribution in [2.75, 3.05) is 0 Å². The van der Waals surface area contributed by atoms with Gasteiger partial charge in [-0.05, 0) is 32.9 Å². The van der Waals surface area contributed by atoms with Crippen LogP contribution in [-0.4, -0.2) is 26.9 Å². The number of hydrogen-bond donors (Lipinski definition) is 2. The van der Waals surface area contributed by atoms with E-state index in [2.05, 4.69) is 20.3 Å². The normalized spacial score (nSPS) is 10.7. The molecule has 0 aromatic carbocycles. The summed E-state index contributed by atoms with van der Waals surface area (Å²) in [4.78, 5) is 35.1. The highest BCUT2D eigenvalue weighted by Gasteiger charge is 2.14. The van der Waals surface area contributed by atoms with E-state index < -0.39 is 0 Å². The van der Waals surface area contributed by atoms with Gasteiger partial charge in [-0.25, -0.2) is 4.98 Å². The van der Waals surface area contributed by atoms with Crippen LogP contribution in [0.15, 0.2) is 29.2 Å². The van der Waals surface area contributed by atoms with Crippen LogP contribution in [0.25, 0.3) is 11.5 Å². The highest BCUT2D eigenvalue weighted by Crippen LogP contribution is 2.11. The fraction of sp³-hybridized carbons (Fsp3) is 0.333. The Bertz CT molecular complexity index is 693. The molecule has 2 heterocycles. The molecule has 0 aliphatic carbocycles. The summed E-state index contributed by atoms with van der Waals surface area (Å²) in [5.41, 5.74) is 1.21. The van der Waals surface area contributed by atoms with Crippen LogP contribution in [0.3, 0.4) is 0 Å². The van der Waals surface area contributed by atoms with Crippen molar-refractivity contribution >= 4 is 5.91 Å². The number of amides is 1. The Kier molecular flexibility index (Phi) is 4.47. The van der Waals surface area contributed by atoms with E-state index in [1.54, 1.807) is 25.3 Å². The molecule has 110 valence electrons.